The Kier molecular flexibility index (Phi) is 3.64. The molecule has 1 aromatic rings. The summed E-state index contributed by atoms with van der Waals surface area (Å²) < 4.78 is 5.31. The van der Waals surface area contributed by atoms with E-state index in [0.29, 0.717) is 0 Å². The molecule has 1 heterocycles. The molecule has 0 saturated carbocycles. The number of hydrogen-bond acceptors (Lipinski definition) is 3. The molecule has 0 unspecified atom stereocenters. The van der Waals surface area contributed by atoms with E-state index in [0.717, 1.165) is 37.6 Å². The molecule has 4 nitrogen and oxygen atoms in total. The maximum atomic E-state index is 11.7. The molecule has 1 saturated heterocycles. The SMILES string of the molecule is CN(C)C(=O)c1ccc(N2CCOCC2)cc1. The van der Waals surface area contributed by atoms with E-state index in [9.17, 15) is 4.79 Å². The van der Waals surface area contributed by atoms with Crippen LogP contribution in [0, 0.1) is 0 Å². The topological polar surface area (TPSA) is 32.8 Å². The molecule has 0 N–H and O–H groups in total. The molecule has 0 aromatic heterocycles. The molecule has 0 bridgehead atoms. The molecule has 1 fully saturated rings. The summed E-state index contributed by atoms with van der Waals surface area (Å²) in [5.41, 5.74) is 1.88. The summed E-state index contributed by atoms with van der Waals surface area (Å²) in [5, 5.41) is 0. The van der Waals surface area contributed by atoms with Gasteiger partial charge < -0.3 is 14.5 Å². The second-order valence-electron chi connectivity index (χ2n) is 4.35. The summed E-state index contributed by atoms with van der Waals surface area (Å²) in [6.07, 6.45) is 0. The third-order valence-corrected chi connectivity index (χ3v) is 2.90. The van der Waals surface area contributed by atoms with Crippen molar-refractivity contribution in [2.45, 2.75) is 0 Å². The summed E-state index contributed by atoms with van der Waals surface area (Å²) >= 11 is 0. The van der Waals surface area contributed by atoms with Crippen molar-refractivity contribution in [2.24, 2.45) is 0 Å². The van der Waals surface area contributed by atoms with Crippen LogP contribution in [0.25, 0.3) is 0 Å². The van der Waals surface area contributed by atoms with E-state index >= 15 is 0 Å². The first-order chi connectivity index (χ1) is 8.18. The highest BCUT2D eigenvalue weighted by molar-refractivity contribution is 5.94. The molecule has 17 heavy (non-hydrogen) atoms. The van der Waals surface area contributed by atoms with Crippen LogP contribution < -0.4 is 4.90 Å². The van der Waals surface area contributed by atoms with E-state index in [1.165, 1.54) is 0 Å². The summed E-state index contributed by atoms with van der Waals surface area (Å²) in [6, 6.07) is 7.77. The highest BCUT2D eigenvalue weighted by Crippen LogP contribution is 2.17. The molecule has 4 heteroatoms. The highest BCUT2D eigenvalue weighted by Gasteiger charge is 2.12. The first-order valence-electron chi connectivity index (χ1n) is 5.83. The van der Waals surface area contributed by atoms with Crippen molar-refractivity contribution in [3.05, 3.63) is 29.8 Å². The second-order valence-corrected chi connectivity index (χ2v) is 4.35. The summed E-state index contributed by atoms with van der Waals surface area (Å²) in [7, 11) is 3.52. The number of anilines is 1. The average molecular weight is 234 g/mol. The minimum Gasteiger partial charge on any atom is -0.378 e. The molecule has 92 valence electrons. The monoisotopic (exact) mass is 234 g/mol. The first kappa shape index (κ1) is 11.9. The highest BCUT2D eigenvalue weighted by atomic mass is 16.5. The number of ether oxygens (including phenoxy) is 1. The van der Waals surface area contributed by atoms with Crippen LogP contribution in [0.3, 0.4) is 0 Å². The van der Waals surface area contributed by atoms with E-state index in [-0.39, 0.29) is 5.91 Å². The fourth-order valence-corrected chi connectivity index (χ4v) is 1.89. The van der Waals surface area contributed by atoms with Crippen LogP contribution in [0.1, 0.15) is 10.4 Å². The molecule has 0 spiro atoms. The Balaban J connectivity index is 2.09. The zero-order chi connectivity index (χ0) is 12.3. The third-order valence-electron chi connectivity index (χ3n) is 2.90. The minimum atomic E-state index is 0.0403. The van der Waals surface area contributed by atoms with Crippen molar-refractivity contribution in [2.75, 3.05) is 45.3 Å². The fourth-order valence-electron chi connectivity index (χ4n) is 1.89. The standard InChI is InChI=1S/C13H18N2O2/c1-14(2)13(16)11-3-5-12(6-4-11)15-7-9-17-10-8-15/h3-6H,7-10H2,1-2H3. The zero-order valence-corrected chi connectivity index (χ0v) is 10.3. The molecule has 0 aliphatic carbocycles. The van der Waals surface area contributed by atoms with Crippen LogP contribution in [0.15, 0.2) is 24.3 Å². The van der Waals surface area contributed by atoms with Crippen LogP contribution in [0.5, 0.6) is 0 Å². The van der Waals surface area contributed by atoms with Crippen LogP contribution >= 0.6 is 0 Å². The average Bonchev–Trinajstić information content (AvgIpc) is 2.39. The maximum absolute atomic E-state index is 11.7. The summed E-state index contributed by atoms with van der Waals surface area (Å²) in [4.78, 5) is 15.6. The Morgan fingerprint density at radius 1 is 1.18 bits per heavy atom. The van der Waals surface area contributed by atoms with Crippen molar-refractivity contribution in [1.29, 1.82) is 0 Å². The van der Waals surface area contributed by atoms with E-state index < -0.39 is 0 Å². The third kappa shape index (κ3) is 2.77. The van der Waals surface area contributed by atoms with Gasteiger partial charge in [0.15, 0.2) is 0 Å². The van der Waals surface area contributed by atoms with Crippen LogP contribution in [0.4, 0.5) is 5.69 Å². The molecule has 0 atom stereocenters. The van der Waals surface area contributed by atoms with Crippen LogP contribution in [-0.4, -0.2) is 51.2 Å². The lowest BCUT2D eigenvalue weighted by Crippen LogP contribution is -2.36. The maximum Gasteiger partial charge on any atom is 0.253 e. The van der Waals surface area contributed by atoms with Crippen molar-refractivity contribution >= 4 is 11.6 Å². The fraction of sp³-hybridized carbons (Fsp3) is 0.462. The molecule has 1 aromatic carbocycles. The predicted molar refractivity (Wildman–Crippen MR) is 67.5 cm³/mol. The molecule has 1 amide bonds. The normalized spacial score (nSPS) is 15.8. The van der Waals surface area contributed by atoms with Crippen molar-refractivity contribution in [3.63, 3.8) is 0 Å². The van der Waals surface area contributed by atoms with Crippen molar-refractivity contribution in [3.8, 4) is 0 Å². The number of nitrogens with zero attached hydrogens (tertiary/aromatic N) is 2. The Hall–Kier alpha value is -1.55. The Morgan fingerprint density at radius 3 is 2.29 bits per heavy atom. The summed E-state index contributed by atoms with van der Waals surface area (Å²) in [5.74, 6) is 0.0403. The van der Waals surface area contributed by atoms with E-state index in [1.807, 2.05) is 24.3 Å². The molecule has 1 aliphatic rings. The Bertz CT molecular complexity index is 381. The molecule has 0 radical (unpaired) electrons. The van der Waals surface area contributed by atoms with Crippen LogP contribution in [0.2, 0.25) is 0 Å². The number of morpholine rings is 1. The van der Waals surface area contributed by atoms with Gasteiger partial charge in [-0.1, -0.05) is 0 Å². The number of amides is 1. The first-order valence-corrected chi connectivity index (χ1v) is 5.83. The number of rotatable bonds is 2. The second kappa shape index (κ2) is 5.19. The molecule has 2 rings (SSSR count). The van der Waals surface area contributed by atoms with Gasteiger partial charge in [-0.25, -0.2) is 0 Å². The van der Waals surface area contributed by atoms with Gasteiger partial charge >= 0.3 is 0 Å². The van der Waals surface area contributed by atoms with E-state index in [4.69, 9.17) is 4.74 Å². The van der Waals surface area contributed by atoms with E-state index in [2.05, 4.69) is 4.90 Å². The Labute approximate surface area is 102 Å². The lowest BCUT2D eigenvalue weighted by molar-refractivity contribution is 0.0827. The quantitative estimate of drug-likeness (QED) is 0.771. The predicted octanol–water partition coefficient (Wildman–Crippen LogP) is 1.22. The lowest BCUT2D eigenvalue weighted by atomic mass is 10.1. The number of carbonyl (C=O) groups is 1. The van der Waals surface area contributed by atoms with Gasteiger partial charge in [-0.15, -0.1) is 0 Å². The van der Waals surface area contributed by atoms with Gasteiger partial charge in [0.05, 0.1) is 13.2 Å². The van der Waals surface area contributed by atoms with Gasteiger partial charge in [0.25, 0.3) is 5.91 Å². The lowest BCUT2D eigenvalue weighted by Gasteiger charge is -2.28. The smallest absolute Gasteiger partial charge is 0.253 e. The van der Waals surface area contributed by atoms with Gasteiger partial charge in [0.2, 0.25) is 0 Å². The van der Waals surface area contributed by atoms with Crippen molar-refractivity contribution in [1.82, 2.24) is 4.90 Å². The van der Waals surface area contributed by atoms with Crippen molar-refractivity contribution < 1.29 is 9.53 Å². The van der Waals surface area contributed by atoms with Gasteiger partial charge in [-0.3, -0.25) is 4.79 Å². The van der Waals surface area contributed by atoms with Crippen LogP contribution in [-0.2, 0) is 4.74 Å². The summed E-state index contributed by atoms with van der Waals surface area (Å²) in [6.45, 7) is 3.39. The van der Waals surface area contributed by atoms with E-state index in [1.54, 1.807) is 19.0 Å². The Morgan fingerprint density at radius 2 is 1.76 bits per heavy atom. The number of hydrogen-bond donors (Lipinski definition) is 0. The molecule has 1 aliphatic heterocycles. The molecular weight excluding hydrogens is 216 g/mol. The number of benzene rings is 1. The molecular formula is C13H18N2O2. The minimum absolute atomic E-state index is 0.0403. The largest absolute Gasteiger partial charge is 0.378 e. The number of carbonyl (C=O) groups excluding carboxylic acids is 1. The van der Waals surface area contributed by atoms with Gasteiger partial charge in [0.1, 0.15) is 0 Å². The van der Waals surface area contributed by atoms with Gasteiger partial charge in [-0.2, -0.15) is 0 Å². The zero-order valence-electron chi connectivity index (χ0n) is 10.3. The van der Waals surface area contributed by atoms with Gasteiger partial charge in [-0.05, 0) is 24.3 Å². The van der Waals surface area contributed by atoms with Gasteiger partial charge in [0, 0.05) is 38.4 Å².